The van der Waals surface area contributed by atoms with Gasteiger partial charge in [0, 0.05) is 12.4 Å². The van der Waals surface area contributed by atoms with Crippen LogP contribution in [0.2, 0.25) is 0 Å². The van der Waals surface area contributed by atoms with Crippen LogP contribution in [0, 0.1) is 0 Å². The number of halogens is 3. The summed E-state index contributed by atoms with van der Waals surface area (Å²) in [6, 6.07) is 8.31. The summed E-state index contributed by atoms with van der Waals surface area (Å²) < 4.78 is 37.3. The van der Waals surface area contributed by atoms with Crippen LogP contribution < -0.4 is 0 Å². The van der Waals surface area contributed by atoms with Crippen molar-refractivity contribution in [2.45, 2.75) is 25.1 Å². The van der Waals surface area contributed by atoms with Gasteiger partial charge in [0.25, 0.3) is 0 Å². The van der Waals surface area contributed by atoms with Crippen molar-refractivity contribution in [2.24, 2.45) is 0 Å². The molecule has 0 amide bonds. The van der Waals surface area contributed by atoms with E-state index in [-0.39, 0.29) is 0 Å². The molecule has 1 heterocycles. The van der Waals surface area contributed by atoms with Gasteiger partial charge in [0.2, 0.25) is 0 Å². The highest BCUT2D eigenvalue weighted by Gasteiger charge is 2.30. The second-order valence-corrected chi connectivity index (χ2v) is 4.54. The van der Waals surface area contributed by atoms with Gasteiger partial charge >= 0.3 is 6.18 Å². The zero-order chi connectivity index (χ0) is 14.6. The van der Waals surface area contributed by atoms with E-state index in [0.29, 0.717) is 18.4 Å². The standard InChI is InChI=1S/C15H14F3NO/c16-15(17,18)13-6-4-12(5-7-13)14(20)8-3-11-2-1-9-19-10-11/h1-2,4-7,9-10,14,20H,3,8H2. The zero-order valence-electron chi connectivity index (χ0n) is 10.6. The lowest BCUT2D eigenvalue weighted by Gasteiger charge is -2.12. The lowest BCUT2D eigenvalue weighted by atomic mass is 10.0. The third kappa shape index (κ3) is 3.81. The van der Waals surface area contributed by atoms with Gasteiger partial charge < -0.3 is 5.11 Å². The highest BCUT2D eigenvalue weighted by molar-refractivity contribution is 5.26. The molecule has 1 atom stereocenters. The summed E-state index contributed by atoms with van der Waals surface area (Å²) in [5, 5.41) is 9.97. The fourth-order valence-electron chi connectivity index (χ4n) is 1.91. The van der Waals surface area contributed by atoms with Gasteiger partial charge in [0.1, 0.15) is 0 Å². The Bertz CT molecular complexity index is 537. The van der Waals surface area contributed by atoms with Crippen molar-refractivity contribution in [1.29, 1.82) is 0 Å². The molecule has 0 fully saturated rings. The lowest BCUT2D eigenvalue weighted by Crippen LogP contribution is -2.06. The van der Waals surface area contributed by atoms with E-state index in [9.17, 15) is 18.3 Å². The number of aliphatic hydroxyl groups excluding tert-OH is 1. The minimum absolute atomic E-state index is 0.442. The van der Waals surface area contributed by atoms with Gasteiger partial charge in [-0.15, -0.1) is 0 Å². The third-order valence-electron chi connectivity index (χ3n) is 3.05. The number of alkyl halides is 3. The summed E-state index contributed by atoms with van der Waals surface area (Å²) >= 11 is 0. The molecule has 0 saturated carbocycles. The molecule has 1 aromatic carbocycles. The Labute approximate surface area is 114 Å². The van der Waals surface area contributed by atoms with Crippen molar-refractivity contribution >= 4 is 0 Å². The van der Waals surface area contributed by atoms with Crippen LogP contribution in [0.5, 0.6) is 0 Å². The first-order valence-corrected chi connectivity index (χ1v) is 6.21. The fraction of sp³-hybridized carbons (Fsp3) is 0.267. The van der Waals surface area contributed by atoms with Crippen molar-refractivity contribution in [2.75, 3.05) is 0 Å². The molecule has 0 aliphatic heterocycles. The largest absolute Gasteiger partial charge is 0.416 e. The van der Waals surface area contributed by atoms with Crippen LogP contribution in [-0.2, 0) is 12.6 Å². The van der Waals surface area contributed by atoms with Gasteiger partial charge in [-0.2, -0.15) is 13.2 Å². The molecule has 2 nitrogen and oxygen atoms in total. The number of nitrogens with zero attached hydrogens (tertiary/aromatic N) is 1. The SMILES string of the molecule is OC(CCc1cccnc1)c1ccc(C(F)(F)F)cc1. The number of pyridine rings is 1. The Morgan fingerprint density at radius 1 is 1.10 bits per heavy atom. The van der Waals surface area contributed by atoms with Crippen LogP contribution in [0.15, 0.2) is 48.8 Å². The maximum absolute atomic E-state index is 12.4. The summed E-state index contributed by atoms with van der Waals surface area (Å²) in [5.41, 5.74) is 0.765. The highest BCUT2D eigenvalue weighted by atomic mass is 19.4. The summed E-state index contributed by atoms with van der Waals surface area (Å²) in [5.74, 6) is 0. The fourth-order valence-corrected chi connectivity index (χ4v) is 1.91. The Balaban J connectivity index is 1.97. The Kier molecular flexibility index (Phi) is 4.39. The summed E-state index contributed by atoms with van der Waals surface area (Å²) in [6.07, 6.45) is -0.695. The Hall–Kier alpha value is -1.88. The second kappa shape index (κ2) is 6.05. The number of aromatic nitrogens is 1. The summed E-state index contributed by atoms with van der Waals surface area (Å²) in [4.78, 5) is 3.97. The number of benzene rings is 1. The summed E-state index contributed by atoms with van der Waals surface area (Å²) in [7, 11) is 0. The molecule has 0 spiro atoms. The molecule has 20 heavy (non-hydrogen) atoms. The van der Waals surface area contributed by atoms with Crippen molar-refractivity contribution < 1.29 is 18.3 Å². The lowest BCUT2D eigenvalue weighted by molar-refractivity contribution is -0.137. The molecule has 2 aromatic rings. The molecular weight excluding hydrogens is 267 g/mol. The second-order valence-electron chi connectivity index (χ2n) is 4.54. The monoisotopic (exact) mass is 281 g/mol. The molecule has 0 radical (unpaired) electrons. The zero-order valence-corrected chi connectivity index (χ0v) is 10.6. The topological polar surface area (TPSA) is 33.1 Å². The van der Waals surface area contributed by atoms with Crippen LogP contribution in [0.1, 0.15) is 29.2 Å². The summed E-state index contributed by atoms with van der Waals surface area (Å²) in [6.45, 7) is 0. The maximum Gasteiger partial charge on any atom is 0.416 e. The molecule has 0 aliphatic rings. The maximum atomic E-state index is 12.4. The predicted molar refractivity (Wildman–Crippen MR) is 69.0 cm³/mol. The molecular formula is C15H14F3NO. The minimum Gasteiger partial charge on any atom is -0.388 e. The quantitative estimate of drug-likeness (QED) is 0.925. The Morgan fingerprint density at radius 3 is 2.35 bits per heavy atom. The normalized spacial score (nSPS) is 13.2. The van der Waals surface area contributed by atoms with E-state index in [4.69, 9.17) is 0 Å². The van der Waals surface area contributed by atoms with Crippen LogP contribution >= 0.6 is 0 Å². The van der Waals surface area contributed by atoms with Crippen LogP contribution in [0.4, 0.5) is 13.2 Å². The molecule has 0 bridgehead atoms. The highest BCUT2D eigenvalue weighted by Crippen LogP contribution is 2.30. The minimum atomic E-state index is -4.35. The third-order valence-corrected chi connectivity index (χ3v) is 3.05. The van der Waals surface area contributed by atoms with E-state index >= 15 is 0 Å². The molecule has 0 saturated heterocycles. The van der Waals surface area contributed by atoms with Crippen LogP contribution in [0.25, 0.3) is 0 Å². The molecule has 1 aromatic heterocycles. The van der Waals surface area contributed by atoms with Gasteiger partial charge in [0.15, 0.2) is 0 Å². The average molecular weight is 281 g/mol. The molecule has 1 unspecified atom stereocenters. The van der Waals surface area contributed by atoms with E-state index in [1.807, 2.05) is 6.07 Å². The van der Waals surface area contributed by atoms with Gasteiger partial charge in [-0.3, -0.25) is 4.98 Å². The first-order chi connectivity index (χ1) is 9.47. The number of hydrogen-bond acceptors (Lipinski definition) is 2. The van der Waals surface area contributed by atoms with Crippen molar-refractivity contribution in [3.05, 3.63) is 65.5 Å². The van der Waals surface area contributed by atoms with Gasteiger partial charge in [-0.05, 0) is 42.2 Å². The van der Waals surface area contributed by atoms with Crippen LogP contribution in [-0.4, -0.2) is 10.1 Å². The first-order valence-electron chi connectivity index (χ1n) is 6.21. The van der Waals surface area contributed by atoms with Gasteiger partial charge in [0.05, 0.1) is 11.7 Å². The number of hydrogen-bond donors (Lipinski definition) is 1. The average Bonchev–Trinajstić information content (AvgIpc) is 2.45. The van der Waals surface area contributed by atoms with Gasteiger partial charge in [-0.25, -0.2) is 0 Å². The molecule has 1 N–H and O–H groups in total. The van der Waals surface area contributed by atoms with Crippen molar-refractivity contribution in [3.8, 4) is 0 Å². The number of aliphatic hydroxyl groups is 1. The number of aryl methyl sites for hydroxylation is 1. The molecule has 106 valence electrons. The van der Waals surface area contributed by atoms with E-state index in [1.54, 1.807) is 18.5 Å². The van der Waals surface area contributed by atoms with E-state index in [1.165, 1.54) is 12.1 Å². The molecule has 0 aliphatic carbocycles. The molecule has 2 rings (SSSR count). The predicted octanol–water partition coefficient (Wildman–Crippen LogP) is 3.77. The molecule has 5 heteroatoms. The van der Waals surface area contributed by atoms with Crippen molar-refractivity contribution in [1.82, 2.24) is 4.98 Å². The first kappa shape index (κ1) is 14.5. The van der Waals surface area contributed by atoms with E-state index in [2.05, 4.69) is 4.98 Å². The van der Waals surface area contributed by atoms with Gasteiger partial charge in [-0.1, -0.05) is 18.2 Å². The van der Waals surface area contributed by atoms with E-state index < -0.39 is 17.8 Å². The van der Waals surface area contributed by atoms with E-state index in [0.717, 1.165) is 17.7 Å². The smallest absolute Gasteiger partial charge is 0.388 e. The van der Waals surface area contributed by atoms with Crippen molar-refractivity contribution in [3.63, 3.8) is 0 Å². The Morgan fingerprint density at radius 2 is 1.80 bits per heavy atom. The van der Waals surface area contributed by atoms with Crippen LogP contribution in [0.3, 0.4) is 0 Å². The number of rotatable bonds is 4.